The van der Waals surface area contributed by atoms with Gasteiger partial charge in [-0.25, -0.2) is 0 Å². The van der Waals surface area contributed by atoms with Gasteiger partial charge in [0.2, 0.25) is 5.91 Å². The van der Waals surface area contributed by atoms with Crippen LogP contribution in [0.2, 0.25) is 5.02 Å². The first-order valence-electron chi connectivity index (χ1n) is 7.77. The molecule has 4 heteroatoms. The maximum Gasteiger partial charge on any atom is 0.237 e. The zero-order valence-corrected chi connectivity index (χ0v) is 13.9. The van der Waals surface area contributed by atoms with Crippen LogP contribution < -0.4 is 5.32 Å². The molecule has 1 aromatic rings. The number of carbonyl (C=O) groups is 1. The van der Waals surface area contributed by atoms with E-state index < -0.39 is 0 Å². The lowest BCUT2D eigenvalue weighted by Gasteiger charge is -2.26. The molecule has 2 atom stereocenters. The molecule has 0 spiro atoms. The van der Waals surface area contributed by atoms with Gasteiger partial charge in [-0.3, -0.25) is 9.69 Å². The number of likely N-dealkylation sites (tertiary alicyclic amines) is 1. The second kappa shape index (κ2) is 7.28. The highest BCUT2D eigenvalue weighted by molar-refractivity contribution is 6.30. The zero-order chi connectivity index (χ0) is 15.4. The molecule has 0 radical (unpaired) electrons. The Morgan fingerprint density at radius 2 is 2.00 bits per heavy atom. The third-order valence-electron chi connectivity index (χ3n) is 3.99. The Kier molecular flexibility index (Phi) is 5.65. The Bertz CT molecular complexity index is 472. The molecule has 1 N–H and O–H groups in total. The quantitative estimate of drug-likeness (QED) is 0.900. The lowest BCUT2D eigenvalue weighted by Crippen LogP contribution is -2.45. The highest BCUT2D eigenvalue weighted by Gasteiger charge is 2.31. The Morgan fingerprint density at radius 1 is 1.33 bits per heavy atom. The summed E-state index contributed by atoms with van der Waals surface area (Å²) >= 11 is 5.90. The number of nitrogens with zero attached hydrogens (tertiary/aromatic N) is 1. The van der Waals surface area contributed by atoms with Crippen LogP contribution in [0.3, 0.4) is 0 Å². The number of hydrogen-bond donors (Lipinski definition) is 1. The molecule has 1 amide bonds. The van der Waals surface area contributed by atoms with Crippen molar-refractivity contribution in [1.82, 2.24) is 10.2 Å². The summed E-state index contributed by atoms with van der Waals surface area (Å²) in [4.78, 5) is 14.8. The van der Waals surface area contributed by atoms with Crippen LogP contribution in [0, 0.1) is 5.92 Å². The van der Waals surface area contributed by atoms with E-state index in [2.05, 4.69) is 24.1 Å². The first-order valence-corrected chi connectivity index (χ1v) is 8.15. The van der Waals surface area contributed by atoms with E-state index in [0.717, 1.165) is 36.5 Å². The molecule has 1 aliphatic heterocycles. The molecule has 0 saturated carbocycles. The molecule has 0 aliphatic carbocycles. The third-order valence-corrected chi connectivity index (χ3v) is 4.25. The monoisotopic (exact) mass is 308 g/mol. The molecule has 1 saturated heterocycles. The van der Waals surface area contributed by atoms with Crippen molar-refractivity contribution in [3.63, 3.8) is 0 Å². The molecule has 116 valence electrons. The van der Waals surface area contributed by atoms with Crippen LogP contribution in [0.15, 0.2) is 24.3 Å². The van der Waals surface area contributed by atoms with Crippen LogP contribution in [0.4, 0.5) is 0 Å². The predicted octanol–water partition coefficient (Wildman–Crippen LogP) is 3.64. The van der Waals surface area contributed by atoms with Gasteiger partial charge in [-0.15, -0.1) is 0 Å². The van der Waals surface area contributed by atoms with Gasteiger partial charge in [0.15, 0.2) is 0 Å². The summed E-state index contributed by atoms with van der Waals surface area (Å²) < 4.78 is 0. The highest BCUT2D eigenvalue weighted by Crippen LogP contribution is 2.21. The van der Waals surface area contributed by atoms with E-state index in [1.807, 2.05) is 31.2 Å². The Morgan fingerprint density at radius 3 is 2.62 bits per heavy atom. The van der Waals surface area contributed by atoms with Gasteiger partial charge in [-0.1, -0.05) is 37.6 Å². The zero-order valence-electron chi connectivity index (χ0n) is 13.1. The van der Waals surface area contributed by atoms with E-state index in [0.29, 0.717) is 5.92 Å². The maximum atomic E-state index is 12.5. The first-order chi connectivity index (χ1) is 9.97. The summed E-state index contributed by atoms with van der Waals surface area (Å²) in [5, 5.41) is 3.86. The van der Waals surface area contributed by atoms with Crippen LogP contribution in [-0.4, -0.2) is 29.9 Å². The van der Waals surface area contributed by atoms with E-state index in [9.17, 15) is 4.79 Å². The predicted molar refractivity (Wildman–Crippen MR) is 87.4 cm³/mol. The molecule has 3 nitrogen and oxygen atoms in total. The largest absolute Gasteiger partial charge is 0.348 e. The standard InChI is InChI=1S/C17H25ClN2O/c1-12(2)11-20-10-4-5-16(20)17(21)19-13(3)14-6-8-15(18)9-7-14/h6-9,12-13,16H,4-5,10-11H2,1-3H3,(H,19,21)/t13-,16-/m1/s1. The number of carbonyl (C=O) groups excluding carboxylic acids is 1. The van der Waals surface area contributed by atoms with E-state index in [4.69, 9.17) is 11.6 Å². The summed E-state index contributed by atoms with van der Waals surface area (Å²) in [5.74, 6) is 0.739. The highest BCUT2D eigenvalue weighted by atomic mass is 35.5. The lowest BCUT2D eigenvalue weighted by atomic mass is 10.1. The summed E-state index contributed by atoms with van der Waals surface area (Å²) in [7, 11) is 0. The van der Waals surface area contributed by atoms with E-state index in [1.165, 1.54) is 0 Å². The fourth-order valence-corrected chi connectivity index (χ4v) is 3.08. The summed E-state index contributed by atoms with van der Waals surface area (Å²) in [6, 6.07) is 7.69. The molecule has 1 fully saturated rings. The Balaban J connectivity index is 1.95. The fraction of sp³-hybridized carbons (Fsp3) is 0.588. The molecule has 0 aromatic heterocycles. The third kappa shape index (κ3) is 4.45. The average Bonchev–Trinajstić information content (AvgIpc) is 2.86. The minimum atomic E-state index is 0.0104. The second-order valence-electron chi connectivity index (χ2n) is 6.33. The van der Waals surface area contributed by atoms with Gasteiger partial charge in [0.25, 0.3) is 0 Å². The van der Waals surface area contributed by atoms with Crippen molar-refractivity contribution in [3.8, 4) is 0 Å². The van der Waals surface area contributed by atoms with Gasteiger partial charge in [0, 0.05) is 11.6 Å². The summed E-state index contributed by atoms with van der Waals surface area (Å²) in [6.07, 6.45) is 2.08. The minimum Gasteiger partial charge on any atom is -0.348 e. The smallest absolute Gasteiger partial charge is 0.237 e. The van der Waals surface area contributed by atoms with Crippen LogP contribution in [0.25, 0.3) is 0 Å². The van der Waals surface area contributed by atoms with Gasteiger partial charge < -0.3 is 5.32 Å². The van der Waals surface area contributed by atoms with Crippen molar-refractivity contribution in [1.29, 1.82) is 0 Å². The molecular formula is C17H25ClN2O. The lowest BCUT2D eigenvalue weighted by molar-refractivity contribution is -0.126. The van der Waals surface area contributed by atoms with Crippen molar-refractivity contribution in [2.45, 2.75) is 45.7 Å². The van der Waals surface area contributed by atoms with Crippen LogP contribution in [0.5, 0.6) is 0 Å². The normalized spacial score (nSPS) is 20.7. The number of rotatable bonds is 5. The number of amides is 1. The van der Waals surface area contributed by atoms with Crippen molar-refractivity contribution in [2.75, 3.05) is 13.1 Å². The van der Waals surface area contributed by atoms with Gasteiger partial charge in [-0.2, -0.15) is 0 Å². The van der Waals surface area contributed by atoms with Gasteiger partial charge in [-0.05, 0) is 49.9 Å². The van der Waals surface area contributed by atoms with E-state index >= 15 is 0 Å². The van der Waals surface area contributed by atoms with Gasteiger partial charge in [0.05, 0.1) is 12.1 Å². The molecule has 0 unspecified atom stereocenters. The molecule has 1 aromatic carbocycles. The second-order valence-corrected chi connectivity index (χ2v) is 6.77. The molecule has 2 rings (SSSR count). The summed E-state index contributed by atoms with van der Waals surface area (Å²) in [5.41, 5.74) is 1.08. The fourth-order valence-electron chi connectivity index (χ4n) is 2.95. The summed E-state index contributed by atoms with van der Waals surface area (Å²) in [6.45, 7) is 8.44. The molecule has 1 heterocycles. The first kappa shape index (κ1) is 16.3. The van der Waals surface area contributed by atoms with Crippen molar-refractivity contribution < 1.29 is 4.79 Å². The molecule has 1 aliphatic rings. The van der Waals surface area contributed by atoms with Crippen molar-refractivity contribution in [3.05, 3.63) is 34.9 Å². The topological polar surface area (TPSA) is 32.3 Å². The van der Waals surface area contributed by atoms with Gasteiger partial charge >= 0.3 is 0 Å². The minimum absolute atomic E-state index is 0.0104. The average molecular weight is 309 g/mol. The number of nitrogens with one attached hydrogen (secondary N) is 1. The van der Waals surface area contributed by atoms with Crippen LogP contribution in [0.1, 0.15) is 45.2 Å². The Labute approximate surface area is 132 Å². The van der Waals surface area contributed by atoms with Crippen LogP contribution >= 0.6 is 11.6 Å². The van der Waals surface area contributed by atoms with Crippen molar-refractivity contribution in [2.24, 2.45) is 5.92 Å². The molecule has 21 heavy (non-hydrogen) atoms. The Hall–Kier alpha value is -1.06. The molecule has 0 bridgehead atoms. The number of benzene rings is 1. The van der Waals surface area contributed by atoms with Gasteiger partial charge in [0.1, 0.15) is 0 Å². The SMILES string of the molecule is CC(C)CN1CCC[C@@H]1C(=O)N[C@H](C)c1ccc(Cl)cc1. The molecular weight excluding hydrogens is 284 g/mol. The maximum absolute atomic E-state index is 12.5. The van der Waals surface area contributed by atoms with E-state index in [-0.39, 0.29) is 18.0 Å². The van der Waals surface area contributed by atoms with E-state index in [1.54, 1.807) is 0 Å². The van der Waals surface area contributed by atoms with Crippen molar-refractivity contribution >= 4 is 17.5 Å². The van der Waals surface area contributed by atoms with Crippen LogP contribution in [-0.2, 0) is 4.79 Å². The number of halogens is 1. The number of hydrogen-bond acceptors (Lipinski definition) is 2.